The second kappa shape index (κ2) is 5.53. The average Bonchev–Trinajstić information content (AvgIpc) is 2.68. The highest BCUT2D eigenvalue weighted by atomic mass is 32.2. The molecule has 0 fully saturated rings. The lowest BCUT2D eigenvalue weighted by Crippen LogP contribution is -2.09. The van der Waals surface area contributed by atoms with Crippen LogP contribution in [0.2, 0.25) is 0 Å². The van der Waals surface area contributed by atoms with Crippen molar-refractivity contribution in [1.29, 1.82) is 0 Å². The van der Waals surface area contributed by atoms with Gasteiger partial charge in [-0.05, 0) is 19.2 Å². The second-order valence-electron chi connectivity index (χ2n) is 3.93. The van der Waals surface area contributed by atoms with Crippen molar-refractivity contribution >= 4 is 17.4 Å². The summed E-state index contributed by atoms with van der Waals surface area (Å²) in [6.45, 7) is 2.93. The van der Waals surface area contributed by atoms with E-state index in [1.807, 2.05) is 38.4 Å². The lowest BCUT2D eigenvalue weighted by Gasteiger charge is -2.07. The molecule has 92 valence electrons. The summed E-state index contributed by atoms with van der Waals surface area (Å²) in [5.74, 6) is 0. The Balaban J connectivity index is 2.42. The van der Waals surface area contributed by atoms with E-state index < -0.39 is 0 Å². The van der Waals surface area contributed by atoms with Crippen LogP contribution in [0.3, 0.4) is 0 Å². The first-order chi connectivity index (χ1) is 8.26. The maximum absolute atomic E-state index is 9.12. The number of nitrogens with zero attached hydrogens (tertiary/aromatic N) is 2. The number of aliphatic hydroxyl groups excluding tert-OH is 1. The molecule has 1 atom stereocenters. The van der Waals surface area contributed by atoms with Gasteiger partial charge in [-0.15, -0.1) is 0 Å². The van der Waals surface area contributed by atoms with Crippen molar-refractivity contribution in [3.05, 3.63) is 30.1 Å². The lowest BCUT2D eigenvalue weighted by atomic mass is 10.4. The van der Waals surface area contributed by atoms with Crippen LogP contribution >= 0.6 is 11.8 Å². The number of aliphatic hydroxyl groups is 1. The minimum absolute atomic E-state index is 0.163. The quantitative estimate of drug-likeness (QED) is 0.791. The van der Waals surface area contributed by atoms with Gasteiger partial charge in [0.1, 0.15) is 10.7 Å². The topological polar surface area (TPSA) is 49.6 Å². The minimum atomic E-state index is 0.163. The molecule has 0 aliphatic rings. The van der Waals surface area contributed by atoms with E-state index in [2.05, 4.69) is 14.7 Å². The molecule has 2 rings (SSSR count). The fourth-order valence-corrected chi connectivity index (χ4v) is 2.58. The van der Waals surface area contributed by atoms with Crippen molar-refractivity contribution in [2.75, 3.05) is 13.7 Å². The smallest absolute Gasteiger partial charge is 0.138 e. The Morgan fingerprint density at radius 3 is 3.06 bits per heavy atom. The largest absolute Gasteiger partial charge is 0.395 e. The molecule has 5 heteroatoms. The Bertz CT molecular complexity index is 497. The summed E-state index contributed by atoms with van der Waals surface area (Å²) in [4.78, 5) is 4.59. The minimum Gasteiger partial charge on any atom is -0.395 e. The van der Waals surface area contributed by atoms with Crippen LogP contribution in [0, 0.1) is 0 Å². The molecule has 0 spiro atoms. The lowest BCUT2D eigenvalue weighted by molar-refractivity contribution is 0.300. The van der Waals surface area contributed by atoms with Crippen molar-refractivity contribution in [3.8, 4) is 0 Å². The van der Waals surface area contributed by atoms with Crippen molar-refractivity contribution in [1.82, 2.24) is 14.7 Å². The number of pyridine rings is 1. The maximum atomic E-state index is 9.12. The summed E-state index contributed by atoms with van der Waals surface area (Å²) in [7, 11) is 1.92. The molecule has 2 heterocycles. The number of nitrogens with one attached hydrogen (secondary N) is 1. The van der Waals surface area contributed by atoms with E-state index in [9.17, 15) is 0 Å². The van der Waals surface area contributed by atoms with Crippen molar-refractivity contribution in [2.45, 2.75) is 23.7 Å². The predicted molar refractivity (Wildman–Crippen MR) is 70.4 cm³/mol. The Labute approximate surface area is 105 Å². The number of thioether (sulfide) groups is 1. The normalized spacial score (nSPS) is 13.1. The van der Waals surface area contributed by atoms with Crippen LogP contribution in [0.25, 0.3) is 5.65 Å². The Hall–Kier alpha value is -1.04. The number of hydrogen-bond acceptors (Lipinski definition) is 4. The Morgan fingerprint density at radius 1 is 1.53 bits per heavy atom. The van der Waals surface area contributed by atoms with Crippen LogP contribution < -0.4 is 5.32 Å². The molecule has 0 radical (unpaired) electrons. The van der Waals surface area contributed by atoms with Crippen LogP contribution in [-0.4, -0.2) is 33.4 Å². The Morgan fingerprint density at radius 2 is 2.35 bits per heavy atom. The molecule has 1 unspecified atom stereocenters. The fraction of sp³-hybridized carbons (Fsp3) is 0.417. The van der Waals surface area contributed by atoms with Gasteiger partial charge in [-0.2, -0.15) is 0 Å². The van der Waals surface area contributed by atoms with Crippen LogP contribution in [0.4, 0.5) is 0 Å². The first-order valence-corrected chi connectivity index (χ1v) is 6.52. The highest BCUT2D eigenvalue weighted by Crippen LogP contribution is 2.26. The molecule has 0 saturated carbocycles. The number of aromatic nitrogens is 2. The summed E-state index contributed by atoms with van der Waals surface area (Å²) >= 11 is 1.61. The molecule has 0 aliphatic carbocycles. The van der Waals surface area contributed by atoms with E-state index in [0.717, 1.165) is 22.9 Å². The summed E-state index contributed by atoms with van der Waals surface area (Å²) < 4.78 is 2.09. The van der Waals surface area contributed by atoms with Gasteiger partial charge in [0.25, 0.3) is 0 Å². The third-order valence-corrected chi connectivity index (χ3v) is 3.61. The first-order valence-electron chi connectivity index (χ1n) is 5.64. The van der Waals surface area contributed by atoms with E-state index >= 15 is 0 Å². The molecule has 0 aromatic carbocycles. The molecular weight excluding hydrogens is 234 g/mol. The van der Waals surface area contributed by atoms with Crippen LogP contribution in [0.1, 0.15) is 12.6 Å². The van der Waals surface area contributed by atoms with E-state index in [1.54, 1.807) is 11.8 Å². The maximum Gasteiger partial charge on any atom is 0.138 e. The molecule has 17 heavy (non-hydrogen) atoms. The summed E-state index contributed by atoms with van der Waals surface area (Å²) in [5, 5.41) is 13.4. The zero-order valence-corrected chi connectivity index (χ0v) is 10.9. The van der Waals surface area contributed by atoms with Gasteiger partial charge < -0.3 is 14.8 Å². The standard InChI is InChI=1S/C12H17N3OS/c1-9(8-16)17-12-10(7-13-2)15-6-4-3-5-11(15)14-12/h3-6,9,13,16H,7-8H2,1-2H3. The van der Waals surface area contributed by atoms with Crippen LogP contribution in [0.15, 0.2) is 29.4 Å². The van der Waals surface area contributed by atoms with Gasteiger partial charge in [0, 0.05) is 18.0 Å². The van der Waals surface area contributed by atoms with Gasteiger partial charge in [0.05, 0.1) is 12.3 Å². The molecule has 0 amide bonds. The monoisotopic (exact) mass is 251 g/mol. The van der Waals surface area contributed by atoms with Crippen molar-refractivity contribution in [3.63, 3.8) is 0 Å². The fourth-order valence-electron chi connectivity index (χ4n) is 1.68. The number of rotatable bonds is 5. The van der Waals surface area contributed by atoms with Crippen molar-refractivity contribution in [2.24, 2.45) is 0 Å². The third kappa shape index (κ3) is 2.62. The Kier molecular flexibility index (Phi) is 4.04. The highest BCUT2D eigenvalue weighted by Gasteiger charge is 2.14. The van der Waals surface area contributed by atoms with Crippen molar-refractivity contribution < 1.29 is 5.11 Å². The van der Waals surface area contributed by atoms with Crippen LogP contribution in [0.5, 0.6) is 0 Å². The molecule has 4 nitrogen and oxygen atoms in total. The number of fused-ring (bicyclic) bond motifs is 1. The summed E-state index contributed by atoms with van der Waals surface area (Å²) in [5.41, 5.74) is 2.10. The highest BCUT2D eigenvalue weighted by molar-refractivity contribution is 7.99. The van der Waals surface area contributed by atoms with Gasteiger partial charge >= 0.3 is 0 Å². The average molecular weight is 251 g/mol. The molecule has 0 saturated heterocycles. The van der Waals surface area contributed by atoms with E-state index in [1.165, 1.54) is 0 Å². The third-order valence-electron chi connectivity index (χ3n) is 2.51. The SMILES string of the molecule is CNCc1c(SC(C)CO)nc2ccccn12. The summed E-state index contributed by atoms with van der Waals surface area (Å²) in [6.07, 6.45) is 2.02. The van der Waals surface area contributed by atoms with E-state index in [4.69, 9.17) is 5.11 Å². The van der Waals surface area contributed by atoms with E-state index in [-0.39, 0.29) is 11.9 Å². The first kappa shape index (κ1) is 12.4. The predicted octanol–water partition coefficient (Wildman–Crippen LogP) is 1.53. The zero-order valence-electron chi connectivity index (χ0n) is 10.1. The van der Waals surface area contributed by atoms with Crippen LogP contribution in [-0.2, 0) is 6.54 Å². The second-order valence-corrected chi connectivity index (χ2v) is 5.36. The molecule has 2 N–H and O–H groups in total. The van der Waals surface area contributed by atoms with Gasteiger partial charge in [0.15, 0.2) is 0 Å². The molecule has 2 aromatic rings. The van der Waals surface area contributed by atoms with Gasteiger partial charge in [0.2, 0.25) is 0 Å². The van der Waals surface area contributed by atoms with Gasteiger partial charge in [-0.1, -0.05) is 24.8 Å². The van der Waals surface area contributed by atoms with Gasteiger partial charge in [-0.25, -0.2) is 4.98 Å². The summed E-state index contributed by atoms with van der Waals surface area (Å²) in [6, 6.07) is 5.97. The number of imidazole rings is 1. The molecular formula is C12H17N3OS. The number of hydrogen-bond donors (Lipinski definition) is 2. The molecule has 2 aromatic heterocycles. The zero-order chi connectivity index (χ0) is 12.3. The molecule has 0 aliphatic heterocycles. The molecule has 0 bridgehead atoms. The van der Waals surface area contributed by atoms with E-state index in [0.29, 0.717) is 0 Å². The van der Waals surface area contributed by atoms with Gasteiger partial charge in [-0.3, -0.25) is 0 Å².